The highest BCUT2D eigenvalue weighted by Gasteiger charge is 2.42. The van der Waals surface area contributed by atoms with E-state index < -0.39 is 0 Å². The van der Waals surface area contributed by atoms with Crippen molar-refractivity contribution in [3.8, 4) is 0 Å². The van der Waals surface area contributed by atoms with Crippen LogP contribution in [-0.2, 0) is 16.1 Å². The van der Waals surface area contributed by atoms with Crippen molar-refractivity contribution in [3.63, 3.8) is 0 Å². The lowest BCUT2D eigenvalue weighted by molar-refractivity contribution is -0.157. The quantitative estimate of drug-likeness (QED) is 0.768. The van der Waals surface area contributed by atoms with Crippen molar-refractivity contribution in [3.05, 3.63) is 35.9 Å². The van der Waals surface area contributed by atoms with Gasteiger partial charge in [0, 0.05) is 11.8 Å². The molecule has 1 fully saturated rings. The van der Waals surface area contributed by atoms with Crippen molar-refractivity contribution in [1.29, 1.82) is 0 Å². The number of rotatable bonds is 3. The molecule has 0 N–H and O–H groups in total. The molecule has 3 nitrogen and oxygen atoms in total. The highest BCUT2D eigenvalue weighted by atomic mass is 16.2. The fourth-order valence-electron chi connectivity index (χ4n) is 2.32. The highest BCUT2D eigenvalue weighted by molar-refractivity contribution is 6.00. The molecule has 1 aliphatic rings. The van der Waals surface area contributed by atoms with Crippen LogP contribution in [-0.4, -0.2) is 16.7 Å². The van der Waals surface area contributed by atoms with Crippen LogP contribution in [0.15, 0.2) is 30.3 Å². The predicted molar refractivity (Wildman–Crippen MR) is 69.6 cm³/mol. The average molecular weight is 245 g/mol. The summed E-state index contributed by atoms with van der Waals surface area (Å²) in [5.41, 5.74) is 0.627. The van der Waals surface area contributed by atoms with Gasteiger partial charge in [0.15, 0.2) is 0 Å². The lowest BCUT2D eigenvalue weighted by Gasteiger charge is -2.37. The summed E-state index contributed by atoms with van der Waals surface area (Å²) in [4.78, 5) is 25.7. The second-order valence-corrected chi connectivity index (χ2v) is 5.18. The summed E-state index contributed by atoms with van der Waals surface area (Å²) in [6.45, 7) is 4.36. The first-order chi connectivity index (χ1) is 8.57. The Labute approximate surface area is 108 Å². The summed E-state index contributed by atoms with van der Waals surface area (Å²) in [6.07, 6.45) is 1.93. The molecular formula is C15H19NO2. The van der Waals surface area contributed by atoms with Crippen LogP contribution >= 0.6 is 0 Å². The maximum atomic E-state index is 12.4. The fraction of sp³-hybridized carbons (Fsp3) is 0.467. The minimum absolute atomic E-state index is 0.0231. The molecule has 1 aromatic rings. The number of carbonyl (C=O) groups is 2. The molecule has 1 aromatic carbocycles. The van der Waals surface area contributed by atoms with Crippen LogP contribution in [0.3, 0.4) is 0 Å². The van der Waals surface area contributed by atoms with E-state index in [1.165, 1.54) is 4.90 Å². The van der Waals surface area contributed by atoms with Gasteiger partial charge in [0.2, 0.25) is 11.8 Å². The molecule has 0 aromatic heterocycles. The molecule has 96 valence electrons. The molecule has 0 bridgehead atoms. The third kappa shape index (κ3) is 2.30. The van der Waals surface area contributed by atoms with Crippen LogP contribution in [0, 0.1) is 5.41 Å². The lowest BCUT2D eigenvalue weighted by Crippen LogP contribution is -2.49. The average Bonchev–Trinajstić information content (AvgIpc) is 2.41. The molecule has 0 spiro atoms. The molecule has 0 aliphatic carbocycles. The Morgan fingerprint density at radius 2 is 1.89 bits per heavy atom. The Morgan fingerprint density at radius 3 is 2.50 bits per heavy atom. The zero-order valence-corrected chi connectivity index (χ0v) is 11.0. The van der Waals surface area contributed by atoms with Gasteiger partial charge in [-0.05, 0) is 18.4 Å². The van der Waals surface area contributed by atoms with Gasteiger partial charge in [0.25, 0.3) is 0 Å². The number of hydrogen-bond acceptors (Lipinski definition) is 2. The lowest BCUT2D eigenvalue weighted by atomic mass is 9.78. The molecule has 0 radical (unpaired) electrons. The molecule has 0 saturated carbocycles. The molecule has 1 unspecified atom stereocenters. The van der Waals surface area contributed by atoms with Gasteiger partial charge in [-0.15, -0.1) is 0 Å². The van der Waals surface area contributed by atoms with Crippen molar-refractivity contribution in [1.82, 2.24) is 4.90 Å². The molecular weight excluding hydrogens is 226 g/mol. The monoisotopic (exact) mass is 245 g/mol. The van der Waals surface area contributed by atoms with Crippen LogP contribution < -0.4 is 0 Å². The van der Waals surface area contributed by atoms with Crippen LogP contribution in [0.2, 0.25) is 0 Å². The van der Waals surface area contributed by atoms with Crippen LogP contribution in [0.1, 0.15) is 38.7 Å². The molecule has 1 atom stereocenters. The first kappa shape index (κ1) is 12.8. The van der Waals surface area contributed by atoms with Gasteiger partial charge in [0.05, 0.1) is 6.54 Å². The van der Waals surface area contributed by atoms with Gasteiger partial charge < -0.3 is 0 Å². The topological polar surface area (TPSA) is 37.4 Å². The van der Waals surface area contributed by atoms with E-state index in [9.17, 15) is 9.59 Å². The Hall–Kier alpha value is -1.64. The number of imide groups is 1. The SMILES string of the molecule is CCC1(C)CCC(=O)N(Cc2ccccc2)C1=O. The maximum absolute atomic E-state index is 12.4. The van der Waals surface area contributed by atoms with E-state index in [-0.39, 0.29) is 17.2 Å². The number of hydrogen-bond donors (Lipinski definition) is 0. The normalized spacial score (nSPS) is 24.4. The number of piperidine rings is 1. The fourth-order valence-corrected chi connectivity index (χ4v) is 2.32. The molecule has 2 amide bonds. The smallest absolute Gasteiger partial charge is 0.235 e. The van der Waals surface area contributed by atoms with Crippen molar-refractivity contribution in [2.24, 2.45) is 5.41 Å². The second kappa shape index (κ2) is 4.92. The molecule has 2 rings (SSSR count). The van der Waals surface area contributed by atoms with Gasteiger partial charge in [0.1, 0.15) is 0 Å². The van der Waals surface area contributed by atoms with Gasteiger partial charge in [-0.25, -0.2) is 0 Å². The van der Waals surface area contributed by atoms with E-state index in [2.05, 4.69) is 0 Å². The highest BCUT2D eigenvalue weighted by Crippen LogP contribution is 2.35. The van der Waals surface area contributed by atoms with Crippen LogP contribution in [0.5, 0.6) is 0 Å². The van der Waals surface area contributed by atoms with Gasteiger partial charge >= 0.3 is 0 Å². The van der Waals surface area contributed by atoms with Gasteiger partial charge in [-0.3, -0.25) is 14.5 Å². The minimum atomic E-state index is -0.372. The summed E-state index contributed by atoms with van der Waals surface area (Å²) < 4.78 is 0. The summed E-state index contributed by atoms with van der Waals surface area (Å²) >= 11 is 0. The minimum Gasteiger partial charge on any atom is -0.278 e. The number of benzene rings is 1. The Bertz CT molecular complexity index is 455. The van der Waals surface area contributed by atoms with E-state index in [4.69, 9.17) is 0 Å². The maximum Gasteiger partial charge on any atom is 0.235 e. The number of likely N-dealkylation sites (tertiary alicyclic amines) is 1. The summed E-state index contributed by atoms with van der Waals surface area (Å²) in [7, 11) is 0. The molecule has 1 heterocycles. The molecule has 1 aliphatic heterocycles. The van der Waals surface area contributed by atoms with Crippen molar-refractivity contribution in [2.45, 2.75) is 39.7 Å². The van der Waals surface area contributed by atoms with Gasteiger partial charge in [-0.2, -0.15) is 0 Å². The molecule has 1 saturated heterocycles. The number of amides is 2. The Morgan fingerprint density at radius 1 is 1.22 bits per heavy atom. The van der Waals surface area contributed by atoms with E-state index in [0.717, 1.165) is 12.0 Å². The van der Waals surface area contributed by atoms with Crippen molar-refractivity contribution < 1.29 is 9.59 Å². The van der Waals surface area contributed by atoms with Gasteiger partial charge in [-0.1, -0.05) is 44.2 Å². The molecule has 18 heavy (non-hydrogen) atoms. The van der Waals surface area contributed by atoms with Crippen LogP contribution in [0.4, 0.5) is 0 Å². The number of nitrogens with zero attached hydrogens (tertiary/aromatic N) is 1. The zero-order valence-electron chi connectivity index (χ0n) is 11.0. The molecule has 3 heteroatoms. The first-order valence-electron chi connectivity index (χ1n) is 6.45. The largest absolute Gasteiger partial charge is 0.278 e. The predicted octanol–water partition coefficient (Wildman–Crippen LogP) is 2.75. The first-order valence-corrected chi connectivity index (χ1v) is 6.45. The number of carbonyl (C=O) groups excluding carboxylic acids is 2. The zero-order chi connectivity index (χ0) is 13.2. The van der Waals surface area contributed by atoms with Crippen molar-refractivity contribution >= 4 is 11.8 Å². The van der Waals surface area contributed by atoms with E-state index in [1.807, 2.05) is 44.2 Å². The summed E-state index contributed by atoms with van der Waals surface area (Å²) in [6, 6.07) is 9.66. The van der Waals surface area contributed by atoms with Crippen molar-refractivity contribution in [2.75, 3.05) is 0 Å². The standard InChI is InChI=1S/C15H19NO2/c1-3-15(2)10-9-13(17)16(14(15)18)11-12-7-5-4-6-8-12/h4-8H,3,9-11H2,1-2H3. The summed E-state index contributed by atoms with van der Waals surface area (Å²) in [5.74, 6) is -0.0696. The Kier molecular flexibility index (Phi) is 3.50. The van der Waals surface area contributed by atoms with E-state index >= 15 is 0 Å². The third-order valence-corrected chi connectivity index (χ3v) is 3.92. The summed E-state index contributed by atoms with van der Waals surface area (Å²) in [5, 5.41) is 0. The second-order valence-electron chi connectivity index (χ2n) is 5.18. The van der Waals surface area contributed by atoms with Crippen LogP contribution in [0.25, 0.3) is 0 Å². The van der Waals surface area contributed by atoms with E-state index in [0.29, 0.717) is 19.4 Å². The Balaban J connectivity index is 2.20. The van der Waals surface area contributed by atoms with E-state index in [1.54, 1.807) is 0 Å². The third-order valence-electron chi connectivity index (χ3n) is 3.92.